The number of carboxylic acids is 1. The predicted octanol–water partition coefficient (Wildman–Crippen LogP) is 7.97. The van der Waals surface area contributed by atoms with Gasteiger partial charge >= 0.3 is 5.97 Å². The Morgan fingerprint density at radius 3 is 1.90 bits per heavy atom. The number of nitrogens with one attached hydrogen (secondary N) is 1. The van der Waals surface area contributed by atoms with Crippen LogP contribution in [0.2, 0.25) is 0 Å². The van der Waals surface area contributed by atoms with Gasteiger partial charge in [-0.05, 0) is 101 Å². The second-order valence-electron chi connectivity index (χ2n) is 13.0. The van der Waals surface area contributed by atoms with Gasteiger partial charge in [0.15, 0.2) is 11.6 Å². The summed E-state index contributed by atoms with van der Waals surface area (Å²) in [6, 6.07) is 12.4. The third-order valence-corrected chi connectivity index (χ3v) is 9.18. The summed E-state index contributed by atoms with van der Waals surface area (Å²) < 4.78 is 6.80. The van der Waals surface area contributed by atoms with Crippen molar-refractivity contribution >= 4 is 33.5 Å². The largest absolute Gasteiger partial charge is 0.488 e. The molecular weight excluding hydrogens is 594 g/mol. The van der Waals surface area contributed by atoms with Gasteiger partial charge < -0.3 is 15.2 Å². The fourth-order valence-corrected chi connectivity index (χ4v) is 7.49. The fraction of sp³-hybridized carbons (Fsp3) is 0.457. The molecule has 0 radical (unpaired) electrons. The molecule has 2 unspecified atom stereocenters. The lowest BCUT2D eigenvalue weighted by atomic mass is 9.67. The minimum absolute atomic E-state index is 0.143. The Balaban J connectivity index is 1.46. The van der Waals surface area contributed by atoms with Crippen molar-refractivity contribution in [2.45, 2.75) is 78.7 Å². The van der Waals surface area contributed by atoms with E-state index >= 15 is 0 Å². The van der Waals surface area contributed by atoms with Gasteiger partial charge in [-0.15, -0.1) is 0 Å². The molecule has 3 aliphatic rings. The molecule has 2 aliphatic carbocycles. The van der Waals surface area contributed by atoms with E-state index in [-0.39, 0.29) is 29.7 Å². The van der Waals surface area contributed by atoms with Gasteiger partial charge in [-0.1, -0.05) is 45.9 Å². The Morgan fingerprint density at radius 1 is 0.881 bits per heavy atom. The molecule has 0 spiro atoms. The minimum atomic E-state index is -0.964. The number of hydrogen-bond acceptors (Lipinski definition) is 5. The van der Waals surface area contributed by atoms with Crippen molar-refractivity contribution < 1.29 is 24.2 Å². The molecule has 2 aromatic carbocycles. The molecule has 0 aromatic heterocycles. The first kappa shape index (κ1) is 30.3. The van der Waals surface area contributed by atoms with Gasteiger partial charge in [-0.2, -0.15) is 0 Å². The number of halogens is 1. The maximum atomic E-state index is 13.8. The van der Waals surface area contributed by atoms with Gasteiger partial charge in [-0.3, -0.25) is 9.59 Å². The first-order valence-corrected chi connectivity index (χ1v) is 15.8. The highest BCUT2D eigenvalue weighted by Gasteiger charge is 2.43. The highest BCUT2D eigenvalue weighted by molar-refractivity contribution is 9.10. The van der Waals surface area contributed by atoms with Crippen molar-refractivity contribution in [1.82, 2.24) is 5.32 Å². The topological polar surface area (TPSA) is 92.7 Å². The molecule has 7 heteroatoms. The van der Waals surface area contributed by atoms with Gasteiger partial charge in [-0.25, -0.2) is 4.79 Å². The first-order valence-electron chi connectivity index (χ1n) is 15.0. The highest BCUT2D eigenvalue weighted by atomic mass is 79.9. The molecule has 2 N–H and O–H groups in total. The lowest BCUT2D eigenvalue weighted by Gasteiger charge is -2.41. The van der Waals surface area contributed by atoms with E-state index in [1.807, 2.05) is 18.2 Å². The van der Waals surface area contributed by atoms with Crippen molar-refractivity contribution in [3.8, 4) is 5.75 Å². The molecule has 2 aromatic rings. The minimum Gasteiger partial charge on any atom is -0.488 e. The van der Waals surface area contributed by atoms with Crippen LogP contribution in [0, 0.1) is 23.7 Å². The lowest BCUT2D eigenvalue weighted by Crippen LogP contribution is -2.39. The lowest BCUT2D eigenvalue weighted by molar-refractivity contribution is -0.118. The molecule has 0 amide bonds. The summed E-state index contributed by atoms with van der Waals surface area (Å²) in [5, 5.41) is 12.8. The Morgan fingerprint density at radius 2 is 1.43 bits per heavy atom. The van der Waals surface area contributed by atoms with Gasteiger partial charge in [0, 0.05) is 41.3 Å². The van der Waals surface area contributed by atoms with Crippen LogP contribution in [-0.4, -0.2) is 22.6 Å². The van der Waals surface area contributed by atoms with Crippen LogP contribution in [0.25, 0.3) is 0 Å². The van der Waals surface area contributed by atoms with Crippen molar-refractivity contribution in [3.63, 3.8) is 0 Å². The van der Waals surface area contributed by atoms with Gasteiger partial charge in [0.25, 0.3) is 0 Å². The van der Waals surface area contributed by atoms with Crippen molar-refractivity contribution in [2.75, 3.05) is 0 Å². The van der Waals surface area contributed by atoms with Crippen LogP contribution in [0.15, 0.2) is 69.5 Å². The van der Waals surface area contributed by atoms with Crippen molar-refractivity contribution in [2.24, 2.45) is 23.7 Å². The molecule has 0 saturated carbocycles. The Labute approximate surface area is 256 Å². The van der Waals surface area contributed by atoms with Crippen molar-refractivity contribution in [3.05, 3.63) is 86.2 Å². The molecule has 1 aliphatic heterocycles. The van der Waals surface area contributed by atoms with E-state index in [0.717, 1.165) is 63.8 Å². The van der Waals surface area contributed by atoms with E-state index in [2.05, 4.69) is 48.9 Å². The number of aromatic carboxylic acids is 1. The molecule has 5 rings (SSSR count). The van der Waals surface area contributed by atoms with Crippen LogP contribution in [-0.2, 0) is 16.2 Å². The summed E-state index contributed by atoms with van der Waals surface area (Å²) in [7, 11) is 0. The van der Waals surface area contributed by atoms with Crippen LogP contribution in [0.1, 0.15) is 93.6 Å². The zero-order valence-corrected chi connectivity index (χ0v) is 26.4. The Kier molecular flexibility index (Phi) is 9.07. The monoisotopic (exact) mass is 633 g/mol. The first-order chi connectivity index (χ1) is 20.0. The van der Waals surface area contributed by atoms with Gasteiger partial charge in [0.1, 0.15) is 12.4 Å². The fourth-order valence-electron chi connectivity index (χ4n) is 6.97. The van der Waals surface area contributed by atoms with Gasteiger partial charge in [0.2, 0.25) is 0 Å². The number of hydrogen-bond donors (Lipinski definition) is 2. The normalized spacial score (nSPS) is 22.3. The third-order valence-electron chi connectivity index (χ3n) is 8.56. The van der Waals surface area contributed by atoms with E-state index in [1.165, 1.54) is 0 Å². The molecule has 2 atom stereocenters. The molecule has 0 fully saturated rings. The zero-order chi connectivity index (χ0) is 30.1. The average molecular weight is 635 g/mol. The quantitative estimate of drug-likeness (QED) is 0.291. The maximum Gasteiger partial charge on any atom is 0.335 e. The summed E-state index contributed by atoms with van der Waals surface area (Å²) >= 11 is 3.68. The van der Waals surface area contributed by atoms with Crippen LogP contribution in [0.3, 0.4) is 0 Å². The summed E-state index contributed by atoms with van der Waals surface area (Å²) in [6.45, 7) is 9.09. The zero-order valence-electron chi connectivity index (χ0n) is 24.8. The number of dihydropyridines is 1. The average Bonchev–Trinajstić information content (AvgIpc) is 2.90. The summed E-state index contributed by atoms with van der Waals surface area (Å²) in [5.41, 5.74) is 5.50. The number of ether oxygens (including phenoxy) is 1. The number of ketones is 2. The second-order valence-corrected chi connectivity index (χ2v) is 13.8. The van der Waals surface area contributed by atoms with E-state index in [0.29, 0.717) is 42.3 Å². The number of carbonyl (C=O) groups excluding carboxylic acids is 2. The van der Waals surface area contributed by atoms with E-state index in [9.17, 15) is 14.4 Å². The van der Waals surface area contributed by atoms with Crippen molar-refractivity contribution in [1.29, 1.82) is 0 Å². The summed E-state index contributed by atoms with van der Waals surface area (Å²) in [6.07, 6.45) is 4.71. The van der Waals surface area contributed by atoms with Crippen LogP contribution in [0.4, 0.5) is 0 Å². The van der Waals surface area contributed by atoms with E-state index < -0.39 is 5.97 Å². The third kappa shape index (κ3) is 6.56. The SMILES string of the molecule is CC(C)CC1CC(=O)C2=C(C1)NC1=C(C(=O)CC(CC(C)C)C1)C2c1ccc(OCc2ccc(C(=O)O)cc2)c(Br)c1. The number of allylic oxidation sites excluding steroid dienone is 4. The van der Waals surface area contributed by atoms with Crippen LogP contribution in [0.5, 0.6) is 5.75 Å². The predicted molar refractivity (Wildman–Crippen MR) is 166 cm³/mol. The number of Topliss-reactive ketones (excluding diaryl/α,β-unsaturated/α-hetero) is 2. The summed E-state index contributed by atoms with van der Waals surface area (Å²) in [4.78, 5) is 38.7. The maximum absolute atomic E-state index is 13.8. The molecule has 0 bridgehead atoms. The number of carbonyl (C=O) groups is 3. The van der Waals surface area contributed by atoms with Crippen LogP contribution >= 0.6 is 15.9 Å². The standard InChI is InChI=1S/C35H40BrNO5/c1-19(2)11-22-13-27-33(29(38)15-22)32(34-28(37-27)14-23(12-20(3)4)16-30(34)39)25-9-10-31(26(36)17-25)42-18-21-5-7-24(8-6-21)35(40)41/h5-10,17,19-20,22-23,32,37H,11-16,18H2,1-4H3,(H,40,41). The van der Waals surface area contributed by atoms with Gasteiger partial charge in [0.05, 0.1) is 10.0 Å². The highest BCUT2D eigenvalue weighted by Crippen LogP contribution is 2.49. The molecule has 222 valence electrons. The Bertz CT molecular complexity index is 1400. The number of benzene rings is 2. The van der Waals surface area contributed by atoms with E-state index in [1.54, 1.807) is 24.3 Å². The van der Waals surface area contributed by atoms with E-state index in [4.69, 9.17) is 9.84 Å². The summed E-state index contributed by atoms with van der Waals surface area (Å²) in [5.74, 6) is 1.23. The number of carboxylic acid groups (broad SMARTS) is 1. The molecule has 6 nitrogen and oxygen atoms in total. The molecule has 1 heterocycles. The second kappa shape index (κ2) is 12.6. The van der Waals surface area contributed by atoms with Crippen LogP contribution < -0.4 is 10.1 Å². The smallest absolute Gasteiger partial charge is 0.335 e. The molecule has 0 saturated heterocycles. The number of rotatable bonds is 9. The molecule has 42 heavy (non-hydrogen) atoms. The molecular formula is C35H40BrNO5. The Hall–Kier alpha value is -3.19.